The summed E-state index contributed by atoms with van der Waals surface area (Å²) >= 11 is 0. The maximum atomic E-state index is 15.6. The van der Waals surface area contributed by atoms with E-state index < -0.39 is 12.1 Å². The third-order valence-electron chi connectivity index (χ3n) is 4.92. The van der Waals surface area contributed by atoms with Gasteiger partial charge < -0.3 is 33.3 Å². The first-order chi connectivity index (χ1) is 13.7. The molecule has 0 atom stereocenters. The summed E-state index contributed by atoms with van der Waals surface area (Å²) in [6.07, 6.45) is 0.988. The van der Waals surface area contributed by atoms with Crippen molar-refractivity contribution in [3.63, 3.8) is 0 Å². The Morgan fingerprint density at radius 2 is 2.07 bits per heavy atom. The molecule has 2 aliphatic heterocycles. The highest BCUT2D eigenvalue weighted by Crippen LogP contribution is 2.41. The van der Waals surface area contributed by atoms with Crippen molar-refractivity contribution in [3.05, 3.63) is 30.2 Å². The SMILES string of the molecule is C=CN(CCOC)c1noc2c(F)c(N3CCOCC3)c(C3OCCO3)cc12. The van der Waals surface area contributed by atoms with E-state index in [1.807, 2.05) is 11.0 Å². The number of nitrogens with zero attached hydrogens (tertiary/aromatic N) is 3. The number of anilines is 2. The molecule has 0 saturated carbocycles. The molecule has 0 amide bonds. The number of hydrogen-bond donors (Lipinski definition) is 0. The van der Waals surface area contributed by atoms with Crippen LogP contribution in [0.4, 0.5) is 15.9 Å². The normalized spacial score (nSPS) is 18.1. The quantitative estimate of drug-likeness (QED) is 0.711. The largest absolute Gasteiger partial charge is 0.383 e. The Hall–Kier alpha value is -2.20. The van der Waals surface area contributed by atoms with E-state index in [9.17, 15) is 0 Å². The number of rotatable bonds is 7. The Kier molecular flexibility index (Phi) is 5.77. The molecule has 0 aliphatic carbocycles. The van der Waals surface area contributed by atoms with Crippen molar-refractivity contribution in [2.75, 3.05) is 69.6 Å². The van der Waals surface area contributed by atoms with Gasteiger partial charge in [-0.25, -0.2) is 4.39 Å². The van der Waals surface area contributed by atoms with Crippen LogP contribution in [0.1, 0.15) is 11.9 Å². The minimum atomic E-state index is -0.629. The lowest BCUT2D eigenvalue weighted by Gasteiger charge is -2.31. The van der Waals surface area contributed by atoms with Gasteiger partial charge >= 0.3 is 0 Å². The van der Waals surface area contributed by atoms with Gasteiger partial charge in [0.15, 0.2) is 17.9 Å². The number of fused-ring (bicyclic) bond motifs is 1. The second-order valence-corrected chi connectivity index (χ2v) is 6.55. The van der Waals surface area contributed by atoms with E-state index in [0.717, 1.165) is 0 Å². The molecular formula is C19H24FN3O5. The summed E-state index contributed by atoms with van der Waals surface area (Å²) in [6.45, 7) is 7.96. The molecule has 152 valence electrons. The zero-order valence-corrected chi connectivity index (χ0v) is 15.9. The van der Waals surface area contributed by atoms with Crippen LogP contribution in [-0.4, -0.2) is 64.9 Å². The van der Waals surface area contributed by atoms with Gasteiger partial charge in [0.1, 0.15) is 0 Å². The predicted molar refractivity (Wildman–Crippen MR) is 101 cm³/mol. The van der Waals surface area contributed by atoms with E-state index in [-0.39, 0.29) is 5.58 Å². The summed E-state index contributed by atoms with van der Waals surface area (Å²) < 4.78 is 42.9. The molecule has 2 aromatic rings. The molecule has 9 heteroatoms. The summed E-state index contributed by atoms with van der Waals surface area (Å²) in [5.74, 6) is 0.0109. The molecule has 1 aromatic heterocycles. The second-order valence-electron chi connectivity index (χ2n) is 6.55. The number of methoxy groups -OCH3 is 1. The van der Waals surface area contributed by atoms with Crippen LogP contribution in [0, 0.1) is 5.82 Å². The second kappa shape index (κ2) is 8.44. The average Bonchev–Trinajstić information content (AvgIpc) is 3.40. The van der Waals surface area contributed by atoms with E-state index in [1.54, 1.807) is 18.2 Å². The molecule has 8 nitrogen and oxygen atoms in total. The van der Waals surface area contributed by atoms with Crippen molar-refractivity contribution in [2.45, 2.75) is 6.29 Å². The molecule has 3 heterocycles. The highest BCUT2D eigenvalue weighted by Gasteiger charge is 2.31. The highest BCUT2D eigenvalue weighted by atomic mass is 19.1. The minimum absolute atomic E-state index is 0.0995. The van der Waals surface area contributed by atoms with Gasteiger partial charge in [0.25, 0.3) is 0 Å². The fraction of sp³-hybridized carbons (Fsp3) is 0.526. The molecule has 4 rings (SSSR count). The molecule has 0 radical (unpaired) electrons. The Morgan fingerprint density at radius 1 is 1.32 bits per heavy atom. The van der Waals surface area contributed by atoms with Gasteiger partial charge in [-0.15, -0.1) is 0 Å². The van der Waals surface area contributed by atoms with Gasteiger partial charge in [-0.05, 0) is 12.3 Å². The molecule has 0 N–H and O–H groups in total. The molecule has 0 bridgehead atoms. The Labute approximate surface area is 162 Å². The van der Waals surface area contributed by atoms with Crippen LogP contribution in [0.15, 0.2) is 23.4 Å². The number of aromatic nitrogens is 1. The first-order valence-electron chi connectivity index (χ1n) is 9.30. The summed E-state index contributed by atoms with van der Waals surface area (Å²) in [7, 11) is 1.61. The van der Waals surface area contributed by atoms with Crippen molar-refractivity contribution >= 4 is 22.5 Å². The Bertz CT molecular complexity index is 831. The number of halogens is 1. The molecular weight excluding hydrogens is 369 g/mol. The fourth-order valence-electron chi connectivity index (χ4n) is 3.54. The van der Waals surface area contributed by atoms with Crippen LogP contribution in [0.3, 0.4) is 0 Å². The molecule has 1 aromatic carbocycles. The highest BCUT2D eigenvalue weighted by molar-refractivity contribution is 5.93. The lowest BCUT2D eigenvalue weighted by molar-refractivity contribution is -0.0439. The summed E-state index contributed by atoms with van der Waals surface area (Å²) in [5.41, 5.74) is 1.15. The average molecular weight is 393 g/mol. The van der Waals surface area contributed by atoms with Crippen LogP contribution in [0.2, 0.25) is 0 Å². The Balaban J connectivity index is 1.83. The molecule has 2 aliphatic rings. The zero-order valence-electron chi connectivity index (χ0n) is 15.9. The summed E-state index contributed by atoms with van der Waals surface area (Å²) in [6, 6.07) is 1.84. The number of ether oxygens (including phenoxy) is 4. The van der Waals surface area contributed by atoms with Crippen molar-refractivity contribution in [1.29, 1.82) is 0 Å². The van der Waals surface area contributed by atoms with Gasteiger partial charge in [0, 0.05) is 32.3 Å². The zero-order chi connectivity index (χ0) is 19.5. The van der Waals surface area contributed by atoms with Gasteiger partial charge in [-0.3, -0.25) is 0 Å². The predicted octanol–water partition coefficient (Wildman–Crippen LogP) is 2.45. The summed E-state index contributed by atoms with van der Waals surface area (Å²) in [5, 5.41) is 4.63. The van der Waals surface area contributed by atoms with Crippen molar-refractivity contribution in [1.82, 2.24) is 5.16 Å². The fourth-order valence-corrected chi connectivity index (χ4v) is 3.54. The number of hydrogen-bond acceptors (Lipinski definition) is 8. The smallest absolute Gasteiger partial charge is 0.206 e. The van der Waals surface area contributed by atoms with Crippen molar-refractivity contribution < 1.29 is 27.9 Å². The van der Waals surface area contributed by atoms with E-state index in [2.05, 4.69) is 11.7 Å². The first-order valence-corrected chi connectivity index (χ1v) is 9.30. The van der Waals surface area contributed by atoms with Gasteiger partial charge in [0.05, 0.1) is 44.1 Å². The van der Waals surface area contributed by atoms with E-state index in [0.29, 0.717) is 75.1 Å². The molecule has 0 spiro atoms. The van der Waals surface area contributed by atoms with E-state index >= 15 is 4.39 Å². The van der Waals surface area contributed by atoms with Crippen LogP contribution in [-0.2, 0) is 18.9 Å². The third kappa shape index (κ3) is 3.46. The van der Waals surface area contributed by atoms with Crippen LogP contribution in [0.25, 0.3) is 11.0 Å². The van der Waals surface area contributed by atoms with Gasteiger partial charge in [0.2, 0.25) is 5.58 Å². The van der Waals surface area contributed by atoms with Crippen molar-refractivity contribution in [2.24, 2.45) is 0 Å². The van der Waals surface area contributed by atoms with Crippen LogP contribution < -0.4 is 9.80 Å². The third-order valence-corrected chi connectivity index (χ3v) is 4.92. The monoisotopic (exact) mass is 393 g/mol. The molecule has 28 heavy (non-hydrogen) atoms. The Morgan fingerprint density at radius 3 is 2.75 bits per heavy atom. The lowest BCUT2D eigenvalue weighted by Crippen LogP contribution is -2.37. The van der Waals surface area contributed by atoms with Gasteiger partial charge in [-0.2, -0.15) is 0 Å². The van der Waals surface area contributed by atoms with Crippen LogP contribution in [0.5, 0.6) is 0 Å². The van der Waals surface area contributed by atoms with Gasteiger partial charge in [-0.1, -0.05) is 11.7 Å². The summed E-state index contributed by atoms with van der Waals surface area (Å²) in [4.78, 5) is 3.71. The number of benzene rings is 1. The standard InChI is InChI=1S/C19H24FN3O5/c1-3-22(4-7-24-2)18-14-12-13(19-26-10-11-27-19)16(15(20)17(14)28-21-18)23-5-8-25-9-6-23/h3,12,19H,1,4-11H2,2H3. The maximum absolute atomic E-state index is 15.6. The molecule has 2 fully saturated rings. The molecule has 2 saturated heterocycles. The topological polar surface area (TPSA) is 69.4 Å². The van der Waals surface area contributed by atoms with Crippen LogP contribution >= 0.6 is 0 Å². The first kappa shape index (κ1) is 19.1. The molecule has 0 unspecified atom stereocenters. The van der Waals surface area contributed by atoms with Crippen molar-refractivity contribution in [3.8, 4) is 0 Å². The minimum Gasteiger partial charge on any atom is -0.383 e. The lowest BCUT2D eigenvalue weighted by atomic mass is 10.1. The van der Waals surface area contributed by atoms with E-state index in [1.165, 1.54) is 0 Å². The van der Waals surface area contributed by atoms with E-state index in [4.69, 9.17) is 23.5 Å². The number of morpholine rings is 1. The maximum Gasteiger partial charge on any atom is 0.206 e.